The van der Waals surface area contributed by atoms with Crippen LogP contribution < -0.4 is 11.1 Å². The fourth-order valence-corrected chi connectivity index (χ4v) is 3.77. The maximum Gasteiger partial charge on any atom is 0.255 e. The second kappa shape index (κ2) is 10.2. The molecule has 172 valence electrons. The SMILES string of the molecule is Cc1ccc(Cn2cc(C(=O)NCCc3cccc(C(N)=O)c3)c(-c3ccc(C)cc3)n2)cc1. The number of benzene rings is 3. The Balaban J connectivity index is 1.53. The highest BCUT2D eigenvalue weighted by Crippen LogP contribution is 2.23. The average Bonchev–Trinajstić information content (AvgIpc) is 3.25. The predicted octanol–water partition coefficient (Wildman–Crippen LogP) is 4.29. The standard InChI is InChI=1S/C28H28N4O2/c1-19-6-10-22(11-7-19)17-32-18-25(26(31-32)23-12-8-20(2)9-13-23)28(34)30-15-14-21-4-3-5-24(16-21)27(29)33/h3-13,16,18H,14-15,17H2,1-2H3,(H2,29,33)(H,30,34). The fraction of sp³-hybridized carbons (Fsp3) is 0.179. The first kappa shape index (κ1) is 23.0. The summed E-state index contributed by atoms with van der Waals surface area (Å²) in [6, 6.07) is 23.4. The van der Waals surface area contributed by atoms with E-state index in [-0.39, 0.29) is 5.91 Å². The Kier molecular flexibility index (Phi) is 6.87. The van der Waals surface area contributed by atoms with Gasteiger partial charge in [0.1, 0.15) is 5.69 Å². The maximum atomic E-state index is 13.1. The molecule has 0 atom stereocenters. The number of primary amides is 1. The van der Waals surface area contributed by atoms with Gasteiger partial charge < -0.3 is 11.1 Å². The molecule has 2 amide bonds. The normalized spacial score (nSPS) is 10.8. The van der Waals surface area contributed by atoms with Crippen LogP contribution in [0.4, 0.5) is 0 Å². The van der Waals surface area contributed by atoms with Gasteiger partial charge in [-0.3, -0.25) is 14.3 Å². The third-order valence-corrected chi connectivity index (χ3v) is 5.71. The largest absolute Gasteiger partial charge is 0.366 e. The Morgan fingerprint density at radius 2 is 1.59 bits per heavy atom. The van der Waals surface area contributed by atoms with E-state index in [2.05, 4.69) is 36.5 Å². The van der Waals surface area contributed by atoms with Crippen LogP contribution in [0.2, 0.25) is 0 Å². The quantitative estimate of drug-likeness (QED) is 0.418. The van der Waals surface area contributed by atoms with E-state index in [0.717, 1.165) is 22.3 Å². The molecule has 0 fully saturated rings. The summed E-state index contributed by atoms with van der Waals surface area (Å²) in [5.41, 5.74) is 12.3. The highest BCUT2D eigenvalue weighted by atomic mass is 16.2. The minimum Gasteiger partial charge on any atom is -0.366 e. The molecule has 34 heavy (non-hydrogen) atoms. The Bertz CT molecular complexity index is 1310. The summed E-state index contributed by atoms with van der Waals surface area (Å²) in [6.07, 6.45) is 2.39. The number of amides is 2. The van der Waals surface area contributed by atoms with Crippen LogP contribution in [0.15, 0.2) is 79.0 Å². The number of aryl methyl sites for hydroxylation is 2. The summed E-state index contributed by atoms with van der Waals surface area (Å²) in [7, 11) is 0. The first-order chi connectivity index (χ1) is 16.4. The molecule has 0 aliphatic rings. The van der Waals surface area contributed by atoms with Crippen molar-refractivity contribution in [2.24, 2.45) is 5.73 Å². The number of rotatable bonds is 8. The van der Waals surface area contributed by atoms with E-state index in [0.29, 0.717) is 36.3 Å². The van der Waals surface area contributed by atoms with Gasteiger partial charge >= 0.3 is 0 Å². The Morgan fingerprint density at radius 1 is 0.912 bits per heavy atom. The zero-order chi connectivity index (χ0) is 24.1. The third kappa shape index (κ3) is 5.59. The third-order valence-electron chi connectivity index (χ3n) is 5.71. The molecule has 6 nitrogen and oxygen atoms in total. The predicted molar refractivity (Wildman–Crippen MR) is 134 cm³/mol. The van der Waals surface area contributed by atoms with Gasteiger partial charge in [-0.2, -0.15) is 5.10 Å². The average molecular weight is 453 g/mol. The van der Waals surface area contributed by atoms with Gasteiger partial charge in [0.15, 0.2) is 0 Å². The molecule has 0 saturated heterocycles. The topological polar surface area (TPSA) is 90.0 Å². The van der Waals surface area contributed by atoms with Crippen LogP contribution in [0.1, 0.15) is 43.0 Å². The molecule has 3 N–H and O–H groups in total. The van der Waals surface area contributed by atoms with Crippen LogP contribution in [-0.4, -0.2) is 28.1 Å². The van der Waals surface area contributed by atoms with Gasteiger partial charge in [-0.25, -0.2) is 0 Å². The van der Waals surface area contributed by atoms with Gasteiger partial charge in [0.25, 0.3) is 5.91 Å². The molecule has 3 aromatic carbocycles. The molecule has 0 bridgehead atoms. The molecule has 0 aliphatic carbocycles. The van der Waals surface area contributed by atoms with Crippen LogP contribution in [0.25, 0.3) is 11.3 Å². The van der Waals surface area contributed by atoms with Crippen LogP contribution >= 0.6 is 0 Å². The minimum absolute atomic E-state index is 0.184. The van der Waals surface area contributed by atoms with E-state index in [1.807, 2.05) is 41.9 Å². The zero-order valence-electron chi connectivity index (χ0n) is 19.4. The zero-order valence-corrected chi connectivity index (χ0v) is 19.4. The number of nitrogens with one attached hydrogen (secondary N) is 1. The molecular weight excluding hydrogens is 424 g/mol. The van der Waals surface area contributed by atoms with Crippen molar-refractivity contribution in [2.45, 2.75) is 26.8 Å². The van der Waals surface area contributed by atoms with Crippen molar-refractivity contribution in [1.82, 2.24) is 15.1 Å². The summed E-state index contributed by atoms with van der Waals surface area (Å²) < 4.78 is 1.81. The first-order valence-corrected chi connectivity index (χ1v) is 11.3. The van der Waals surface area contributed by atoms with Gasteiger partial charge in [-0.15, -0.1) is 0 Å². The van der Waals surface area contributed by atoms with Crippen molar-refractivity contribution in [3.05, 3.63) is 112 Å². The highest BCUT2D eigenvalue weighted by molar-refractivity contribution is 5.99. The van der Waals surface area contributed by atoms with Crippen LogP contribution in [0.3, 0.4) is 0 Å². The lowest BCUT2D eigenvalue weighted by atomic mass is 10.1. The lowest BCUT2D eigenvalue weighted by Gasteiger charge is -2.07. The van der Waals surface area contributed by atoms with Gasteiger partial charge in [-0.05, 0) is 43.5 Å². The van der Waals surface area contributed by atoms with E-state index in [1.165, 1.54) is 5.56 Å². The lowest BCUT2D eigenvalue weighted by molar-refractivity contribution is 0.0953. The number of nitrogens with zero attached hydrogens (tertiary/aromatic N) is 2. The van der Waals surface area contributed by atoms with Crippen LogP contribution in [0.5, 0.6) is 0 Å². The Labute approximate surface area is 199 Å². The number of nitrogens with two attached hydrogens (primary N) is 1. The summed E-state index contributed by atoms with van der Waals surface area (Å²) in [4.78, 5) is 24.5. The van der Waals surface area contributed by atoms with E-state index >= 15 is 0 Å². The highest BCUT2D eigenvalue weighted by Gasteiger charge is 2.18. The number of hydrogen-bond donors (Lipinski definition) is 2. The van der Waals surface area contributed by atoms with Crippen molar-refractivity contribution in [1.29, 1.82) is 0 Å². The molecular formula is C28H28N4O2. The maximum absolute atomic E-state index is 13.1. The minimum atomic E-state index is -0.463. The fourth-order valence-electron chi connectivity index (χ4n) is 3.77. The molecule has 0 saturated carbocycles. The molecule has 4 rings (SSSR count). The van der Waals surface area contributed by atoms with E-state index in [9.17, 15) is 9.59 Å². The Morgan fingerprint density at radius 3 is 2.26 bits per heavy atom. The number of aromatic nitrogens is 2. The van der Waals surface area contributed by atoms with E-state index in [4.69, 9.17) is 10.8 Å². The second-order valence-electron chi connectivity index (χ2n) is 8.51. The van der Waals surface area contributed by atoms with Gasteiger partial charge in [0.05, 0.1) is 12.1 Å². The monoisotopic (exact) mass is 452 g/mol. The van der Waals surface area contributed by atoms with Crippen LogP contribution in [-0.2, 0) is 13.0 Å². The number of carbonyl (C=O) groups excluding carboxylic acids is 2. The molecule has 0 radical (unpaired) electrons. The van der Waals surface area contributed by atoms with Crippen molar-refractivity contribution in [2.75, 3.05) is 6.54 Å². The first-order valence-electron chi connectivity index (χ1n) is 11.3. The smallest absolute Gasteiger partial charge is 0.255 e. The summed E-state index contributed by atoms with van der Waals surface area (Å²) in [5, 5.41) is 7.74. The molecule has 0 spiro atoms. The van der Waals surface area contributed by atoms with Crippen molar-refractivity contribution in [3.8, 4) is 11.3 Å². The number of hydrogen-bond acceptors (Lipinski definition) is 3. The molecule has 6 heteroatoms. The lowest BCUT2D eigenvalue weighted by Crippen LogP contribution is -2.26. The van der Waals surface area contributed by atoms with Gasteiger partial charge in [0, 0.05) is 23.9 Å². The second-order valence-corrected chi connectivity index (χ2v) is 8.51. The molecule has 1 aromatic heterocycles. The van der Waals surface area contributed by atoms with E-state index in [1.54, 1.807) is 24.4 Å². The van der Waals surface area contributed by atoms with Crippen molar-refractivity contribution >= 4 is 11.8 Å². The summed E-state index contributed by atoms with van der Waals surface area (Å²) >= 11 is 0. The van der Waals surface area contributed by atoms with Crippen molar-refractivity contribution in [3.63, 3.8) is 0 Å². The summed E-state index contributed by atoms with van der Waals surface area (Å²) in [5.74, 6) is -0.647. The number of carbonyl (C=O) groups is 2. The summed E-state index contributed by atoms with van der Waals surface area (Å²) in [6.45, 7) is 5.09. The van der Waals surface area contributed by atoms with E-state index < -0.39 is 5.91 Å². The van der Waals surface area contributed by atoms with Crippen LogP contribution in [0, 0.1) is 13.8 Å². The van der Waals surface area contributed by atoms with Gasteiger partial charge in [-0.1, -0.05) is 71.8 Å². The molecule has 4 aromatic rings. The Hall–Kier alpha value is -4.19. The van der Waals surface area contributed by atoms with Gasteiger partial charge in [0.2, 0.25) is 5.91 Å². The molecule has 0 aliphatic heterocycles. The van der Waals surface area contributed by atoms with Crippen molar-refractivity contribution < 1.29 is 9.59 Å². The molecule has 1 heterocycles. The molecule has 0 unspecified atom stereocenters.